The molecule has 0 unspecified atom stereocenters. The first-order valence-corrected chi connectivity index (χ1v) is 8.18. The van der Waals surface area contributed by atoms with Crippen molar-refractivity contribution in [1.29, 1.82) is 0 Å². The van der Waals surface area contributed by atoms with E-state index >= 15 is 0 Å². The number of hydrogen-bond acceptors (Lipinski definition) is 5. The number of phenols is 1. The second-order valence-electron chi connectivity index (χ2n) is 6.35. The number of fused-ring (bicyclic) bond motifs is 3. The zero-order valence-corrected chi connectivity index (χ0v) is 14.2. The molecule has 5 nitrogen and oxygen atoms in total. The SMILES string of the molecule is COc1cccc2c1C(=O)c1c(cc3cc([C@@H](C)O)ccc3c1O)C2=O. The largest absolute Gasteiger partial charge is 0.507 e. The van der Waals surface area contributed by atoms with Gasteiger partial charge in [-0.2, -0.15) is 0 Å². The lowest BCUT2D eigenvalue weighted by Gasteiger charge is -2.21. The minimum Gasteiger partial charge on any atom is -0.507 e. The zero-order valence-electron chi connectivity index (χ0n) is 14.2. The maximum Gasteiger partial charge on any atom is 0.201 e. The molecule has 0 saturated heterocycles. The fourth-order valence-corrected chi connectivity index (χ4v) is 3.47. The average molecular weight is 348 g/mol. The first-order valence-electron chi connectivity index (χ1n) is 8.18. The van der Waals surface area contributed by atoms with E-state index in [0.717, 1.165) is 0 Å². The molecule has 1 aliphatic rings. The lowest BCUT2D eigenvalue weighted by molar-refractivity contribution is 0.0974. The van der Waals surface area contributed by atoms with E-state index in [1.807, 2.05) is 0 Å². The Morgan fingerprint density at radius 2 is 1.73 bits per heavy atom. The summed E-state index contributed by atoms with van der Waals surface area (Å²) >= 11 is 0. The third-order valence-electron chi connectivity index (χ3n) is 4.81. The lowest BCUT2D eigenvalue weighted by Crippen LogP contribution is -2.22. The van der Waals surface area contributed by atoms with Crippen LogP contribution in [0, 0.1) is 0 Å². The van der Waals surface area contributed by atoms with Gasteiger partial charge in [0.1, 0.15) is 11.5 Å². The molecule has 0 heterocycles. The highest BCUT2D eigenvalue weighted by molar-refractivity contribution is 6.31. The van der Waals surface area contributed by atoms with E-state index in [1.54, 1.807) is 49.4 Å². The van der Waals surface area contributed by atoms with Gasteiger partial charge in [-0.25, -0.2) is 0 Å². The highest BCUT2D eigenvalue weighted by Gasteiger charge is 2.35. The summed E-state index contributed by atoms with van der Waals surface area (Å²) < 4.78 is 5.23. The van der Waals surface area contributed by atoms with Crippen LogP contribution in [0.1, 0.15) is 50.4 Å². The monoisotopic (exact) mass is 348 g/mol. The number of benzene rings is 3. The number of hydrogen-bond donors (Lipinski definition) is 2. The van der Waals surface area contributed by atoms with Crippen molar-refractivity contribution in [3.05, 3.63) is 70.3 Å². The van der Waals surface area contributed by atoms with Crippen LogP contribution in [0.2, 0.25) is 0 Å². The summed E-state index contributed by atoms with van der Waals surface area (Å²) in [7, 11) is 1.43. The molecular formula is C21H16O5. The van der Waals surface area contributed by atoms with E-state index in [2.05, 4.69) is 0 Å². The smallest absolute Gasteiger partial charge is 0.201 e. The molecule has 0 spiro atoms. The molecule has 4 rings (SSSR count). The number of carbonyl (C=O) groups excluding carboxylic acids is 2. The number of methoxy groups -OCH3 is 1. The molecule has 1 atom stereocenters. The number of aliphatic hydroxyl groups is 1. The number of carbonyl (C=O) groups is 2. The summed E-state index contributed by atoms with van der Waals surface area (Å²) in [6.45, 7) is 1.64. The Morgan fingerprint density at radius 3 is 2.42 bits per heavy atom. The number of ketones is 2. The summed E-state index contributed by atoms with van der Waals surface area (Å²) in [5, 5.41) is 21.5. The fourth-order valence-electron chi connectivity index (χ4n) is 3.47. The Hall–Kier alpha value is -3.18. The van der Waals surface area contributed by atoms with Crippen molar-refractivity contribution in [3.63, 3.8) is 0 Å². The molecule has 26 heavy (non-hydrogen) atoms. The fraction of sp³-hybridized carbons (Fsp3) is 0.143. The Kier molecular flexibility index (Phi) is 3.56. The number of aromatic hydroxyl groups is 1. The van der Waals surface area contributed by atoms with Gasteiger partial charge in [-0.3, -0.25) is 9.59 Å². The molecule has 130 valence electrons. The number of ether oxygens (including phenoxy) is 1. The molecule has 2 N–H and O–H groups in total. The number of rotatable bonds is 2. The first kappa shape index (κ1) is 16.3. The van der Waals surface area contributed by atoms with Crippen molar-refractivity contribution in [2.75, 3.05) is 7.11 Å². The van der Waals surface area contributed by atoms with Crippen LogP contribution in [0.3, 0.4) is 0 Å². The quantitative estimate of drug-likeness (QED) is 0.580. The minimum atomic E-state index is -0.681. The Labute approximate surface area is 149 Å². The Morgan fingerprint density at radius 1 is 0.962 bits per heavy atom. The van der Waals surface area contributed by atoms with Gasteiger partial charge in [-0.15, -0.1) is 0 Å². The van der Waals surface area contributed by atoms with E-state index in [4.69, 9.17) is 4.74 Å². The highest BCUT2D eigenvalue weighted by Crippen LogP contribution is 2.41. The van der Waals surface area contributed by atoms with Gasteiger partial charge in [-0.1, -0.05) is 24.3 Å². The molecule has 0 aliphatic heterocycles. The van der Waals surface area contributed by atoms with Gasteiger partial charge >= 0.3 is 0 Å². The molecule has 0 saturated carbocycles. The van der Waals surface area contributed by atoms with Crippen molar-refractivity contribution < 1.29 is 24.5 Å². The first-order chi connectivity index (χ1) is 12.4. The molecule has 0 aromatic heterocycles. The van der Waals surface area contributed by atoms with E-state index in [9.17, 15) is 19.8 Å². The van der Waals surface area contributed by atoms with Gasteiger partial charge in [0.05, 0.1) is 24.3 Å². The van der Waals surface area contributed by atoms with E-state index in [0.29, 0.717) is 22.1 Å². The van der Waals surface area contributed by atoms with Gasteiger partial charge in [0.2, 0.25) is 5.78 Å². The standard InChI is InChI=1S/C21H16O5/c1-10(22)11-6-7-13-12(8-11)9-15-18(20(13)24)21(25)17-14(19(15)23)4-3-5-16(17)26-2/h3-10,22,24H,1-2H3/t10-/m1/s1. The molecule has 1 aliphatic carbocycles. The molecule has 3 aromatic carbocycles. The summed E-state index contributed by atoms with van der Waals surface area (Å²) in [4.78, 5) is 26.0. The minimum absolute atomic E-state index is 0.00991. The molecule has 0 radical (unpaired) electrons. The summed E-state index contributed by atoms with van der Waals surface area (Å²) in [5.74, 6) is -0.709. The van der Waals surface area contributed by atoms with Crippen LogP contribution in [-0.2, 0) is 0 Å². The van der Waals surface area contributed by atoms with E-state index < -0.39 is 11.9 Å². The second kappa shape index (κ2) is 5.68. The van der Waals surface area contributed by atoms with Crippen LogP contribution in [0.25, 0.3) is 10.8 Å². The van der Waals surface area contributed by atoms with Gasteiger partial charge in [0.15, 0.2) is 5.78 Å². The average Bonchev–Trinajstić information content (AvgIpc) is 2.64. The van der Waals surface area contributed by atoms with Gasteiger partial charge < -0.3 is 14.9 Å². The van der Waals surface area contributed by atoms with Crippen LogP contribution < -0.4 is 4.74 Å². The highest BCUT2D eigenvalue weighted by atomic mass is 16.5. The zero-order chi connectivity index (χ0) is 18.6. The van der Waals surface area contributed by atoms with Crippen molar-refractivity contribution in [2.45, 2.75) is 13.0 Å². The molecule has 3 aromatic rings. The number of aliphatic hydroxyl groups excluding tert-OH is 1. The van der Waals surface area contributed by atoms with Crippen LogP contribution in [0.4, 0.5) is 0 Å². The van der Waals surface area contributed by atoms with Crippen molar-refractivity contribution in [2.24, 2.45) is 0 Å². The second-order valence-corrected chi connectivity index (χ2v) is 6.35. The van der Waals surface area contributed by atoms with Gasteiger partial charge in [-0.05, 0) is 36.1 Å². The van der Waals surface area contributed by atoms with Crippen LogP contribution in [0.5, 0.6) is 11.5 Å². The molecule has 0 fully saturated rings. The van der Waals surface area contributed by atoms with E-state index in [1.165, 1.54) is 7.11 Å². The van der Waals surface area contributed by atoms with Crippen molar-refractivity contribution >= 4 is 22.3 Å². The van der Waals surface area contributed by atoms with Gasteiger partial charge in [0.25, 0.3) is 0 Å². The molecule has 0 bridgehead atoms. The predicted molar refractivity (Wildman–Crippen MR) is 96.1 cm³/mol. The van der Waals surface area contributed by atoms with Crippen molar-refractivity contribution in [1.82, 2.24) is 0 Å². The Bertz CT molecular complexity index is 1100. The van der Waals surface area contributed by atoms with Gasteiger partial charge in [0, 0.05) is 16.5 Å². The summed E-state index contributed by atoms with van der Waals surface area (Å²) in [6, 6.07) is 11.5. The molecule has 0 amide bonds. The summed E-state index contributed by atoms with van der Waals surface area (Å²) in [6.07, 6.45) is -0.681. The maximum atomic E-state index is 13.0. The third kappa shape index (κ3) is 2.14. The van der Waals surface area contributed by atoms with Crippen LogP contribution >= 0.6 is 0 Å². The van der Waals surface area contributed by atoms with Crippen LogP contribution in [0.15, 0.2) is 42.5 Å². The third-order valence-corrected chi connectivity index (χ3v) is 4.81. The predicted octanol–water partition coefficient (Wildman–Crippen LogP) is 3.38. The molecular weight excluding hydrogens is 332 g/mol. The van der Waals surface area contributed by atoms with E-state index in [-0.39, 0.29) is 33.8 Å². The normalized spacial score (nSPS) is 14.1. The van der Waals surface area contributed by atoms with Crippen molar-refractivity contribution in [3.8, 4) is 11.5 Å². The topological polar surface area (TPSA) is 83.8 Å². The molecule has 5 heteroatoms. The van der Waals surface area contributed by atoms with Crippen LogP contribution in [-0.4, -0.2) is 28.9 Å². The Balaban J connectivity index is 2.04. The number of phenolic OH excluding ortho intramolecular Hbond substituents is 1. The lowest BCUT2D eigenvalue weighted by atomic mass is 9.81. The summed E-state index contributed by atoms with van der Waals surface area (Å²) in [5.41, 5.74) is 1.23. The maximum absolute atomic E-state index is 13.0.